The molecule has 0 aromatic heterocycles. The first-order chi connectivity index (χ1) is 8.46. The van der Waals surface area contributed by atoms with E-state index in [1.165, 1.54) is 7.11 Å². The van der Waals surface area contributed by atoms with E-state index in [0.717, 1.165) is 26.1 Å². The van der Waals surface area contributed by atoms with Gasteiger partial charge in [0.15, 0.2) is 0 Å². The van der Waals surface area contributed by atoms with Crippen LogP contribution in [0.4, 0.5) is 0 Å². The maximum Gasteiger partial charge on any atom is 0.308 e. The summed E-state index contributed by atoms with van der Waals surface area (Å²) in [6.45, 7) is 8.48. The molecule has 1 unspecified atom stereocenters. The van der Waals surface area contributed by atoms with E-state index in [-0.39, 0.29) is 17.5 Å². The number of nitrogens with two attached hydrogens (primary N) is 1. The number of hydrogen-bond acceptors (Lipinski definition) is 5. The van der Waals surface area contributed by atoms with E-state index in [1.807, 2.05) is 0 Å². The zero-order valence-corrected chi connectivity index (χ0v) is 11.8. The van der Waals surface area contributed by atoms with Crippen molar-refractivity contribution in [2.24, 2.45) is 11.1 Å². The van der Waals surface area contributed by atoms with Crippen LogP contribution in [0.5, 0.6) is 0 Å². The van der Waals surface area contributed by atoms with Gasteiger partial charge < -0.3 is 15.2 Å². The highest BCUT2D eigenvalue weighted by molar-refractivity contribution is 5.69. The Hall–Kier alpha value is -0.650. The van der Waals surface area contributed by atoms with Gasteiger partial charge in [0.2, 0.25) is 0 Å². The van der Waals surface area contributed by atoms with Gasteiger partial charge in [-0.05, 0) is 24.9 Å². The normalized spacial score (nSPS) is 21.9. The van der Waals surface area contributed by atoms with Crippen molar-refractivity contribution in [3.63, 3.8) is 0 Å². The Kier molecular flexibility index (Phi) is 6.05. The monoisotopic (exact) mass is 258 g/mol. The summed E-state index contributed by atoms with van der Waals surface area (Å²) in [5.41, 5.74) is 5.91. The first kappa shape index (κ1) is 15.4. The van der Waals surface area contributed by atoms with Crippen LogP contribution in [0.15, 0.2) is 0 Å². The highest BCUT2D eigenvalue weighted by Gasteiger charge is 2.24. The zero-order chi connectivity index (χ0) is 13.6. The molecule has 0 aromatic carbocycles. The fourth-order valence-electron chi connectivity index (χ4n) is 1.94. The summed E-state index contributed by atoms with van der Waals surface area (Å²) in [5.74, 6) is -0.205. The minimum atomic E-state index is -0.205. The largest absolute Gasteiger partial charge is 0.469 e. The van der Waals surface area contributed by atoms with Gasteiger partial charge in [0, 0.05) is 13.1 Å². The summed E-state index contributed by atoms with van der Waals surface area (Å²) in [6, 6.07) is 0. The molecule has 1 aliphatic heterocycles. The van der Waals surface area contributed by atoms with Gasteiger partial charge in [0.05, 0.1) is 26.2 Å². The van der Waals surface area contributed by atoms with E-state index in [9.17, 15) is 4.79 Å². The molecule has 0 radical (unpaired) electrons. The van der Waals surface area contributed by atoms with E-state index in [4.69, 9.17) is 10.5 Å². The van der Waals surface area contributed by atoms with Crippen LogP contribution >= 0.6 is 0 Å². The van der Waals surface area contributed by atoms with Gasteiger partial charge in [-0.2, -0.15) is 0 Å². The summed E-state index contributed by atoms with van der Waals surface area (Å²) in [6.07, 6.45) is 1.37. The van der Waals surface area contributed by atoms with Gasteiger partial charge in [0.1, 0.15) is 0 Å². The van der Waals surface area contributed by atoms with Crippen LogP contribution in [-0.4, -0.2) is 56.9 Å². The van der Waals surface area contributed by atoms with Gasteiger partial charge in [0.25, 0.3) is 0 Å². The number of rotatable bonds is 6. The molecular weight excluding hydrogens is 232 g/mol. The average Bonchev–Trinajstić information content (AvgIpc) is 2.37. The Morgan fingerprint density at radius 2 is 2.28 bits per heavy atom. The van der Waals surface area contributed by atoms with Crippen LogP contribution < -0.4 is 5.73 Å². The molecule has 1 aliphatic rings. The van der Waals surface area contributed by atoms with Crippen LogP contribution in [-0.2, 0) is 14.3 Å². The summed E-state index contributed by atoms with van der Waals surface area (Å²) in [7, 11) is 1.41. The molecular formula is C13H26N2O3. The number of methoxy groups -OCH3 is 1. The molecule has 1 saturated heterocycles. The maximum atomic E-state index is 11.2. The standard InChI is InChI=1S/C13H26N2O3/c1-13(2,10-14)4-5-15-6-7-18-11(9-15)8-12(16)17-3/h11H,4-10,14H2,1-3H3. The molecule has 2 N–H and O–H groups in total. The third-order valence-electron chi connectivity index (χ3n) is 3.50. The van der Waals surface area contributed by atoms with Crippen molar-refractivity contribution in [2.45, 2.75) is 32.8 Å². The quantitative estimate of drug-likeness (QED) is 0.708. The van der Waals surface area contributed by atoms with Gasteiger partial charge in [-0.25, -0.2) is 0 Å². The second-order valence-electron chi connectivity index (χ2n) is 5.69. The summed E-state index contributed by atoms with van der Waals surface area (Å²) < 4.78 is 10.2. The molecule has 106 valence electrons. The third kappa shape index (κ3) is 5.33. The van der Waals surface area contributed by atoms with Crippen LogP contribution in [0.25, 0.3) is 0 Å². The lowest BCUT2D eigenvalue weighted by molar-refractivity contribution is -0.145. The highest BCUT2D eigenvalue weighted by Crippen LogP contribution is 2.19. The van der Waals surface area contributed by atoms with Crippen molar-refractivity contribution >= 4 is 5.97 Å². The lowest BCUT2D eigenvalue weighted by Gasteiger charge is -2.34. The van der Waals surface area contributed by atoms with Crippen molar-refractivity contribution < 1.29 is 14.3 Å². The smallest absolute Gasteiger partial charge is 0.308 e. The van der Waals surface area contributed by atoms with E-state index in [1.54, 1.807) is 0 Å². The Morgan fingerprint density at radius 1 is 1.56 bits per heavy atom. The topological polar surface area (TPSA) is 64.8 Å². The molecule has 1 rings (SSSR count). The highest BCUT2D eigenvalue weighted by atomic mass is 16.5. The van der Waals surface area contributed by atoms with Crippen molar-refractivity contribution in [3.05, 3.63) is 0 Å². The SMILES string of the molecule is COC(=O)CC1CN(CCC(C)(C)CN)CCO1. The molecule has 0 aliphatic carbocycles. The van der Waals surface area contributed by atoms with Crippen molar-refractivity contribution in [3.8, 4) is 0 Å². The van der Waals surface area contributed by atoms with Gasteiger partial charge in [-0.15, -0.1) is 0 Å². The van der Waals surface area contributed by atoms with Crippen molar-refractivity contribution in [2.75, 3.05) is 39.9 Å². The second kappa shape index (κ2) is 7.07. The minimum absolute atomic E-state index is 0.0350. The Bertz CT molecular complexity index is 269. The van der Waals surface area contributed by atoms with Crippen molar-refractivity contribution in [1.82, 2.24) is 4.90 Å². The summed E-state index contributed by atoms with van der Waals surface area (Å²) in [5, 5.41) is 0. The Balaban J connectivity index is 2.32. The van der Waals surface area contributed by atoms with Gasteiger partial charge in [-0.3, -0.25) is 9.69 Å². The summed E-state index contributed by atoms with van der Waals surface area (Å²) in [4.78, 5) is 13.6. The van der Waals surface area contributed by atoms with Crippen LogP contribution in [0.1, 0.15) is 26.7 Å². The molecule has 5 nitrogen and oxygen atoms in total. The number of carbonyl (C=O) groups is 1. The van der Waals surface area contributed by atoms with E-state index < -0.39 is 0 Å². The molecule has 18 heavy (non-hydrogen) atoms. The molecule has 1 heterocycles. The molecule has 0 saturated carbocycles. The first-order valence-corrected chi connectivity index (χ1v) is 6.57. The Labute approximate surface area is 110 Å². The fraction of sp³-hybridized carbons (Fsp3) is 0.923. The third-order valence-corrected chi connectivity index (χ3v) is 3.50. The van der Waals surface area contributed by atoms with Crippen molar-refractivity contribution in [1.29, 1.82) is 0 Å². The van der Waals surface area contributed by atoms with E-state index in [0.29, 0.717) is 19.6 Å². The van der Waals surface area contributed by atoms with E-state index >= 15 is 0 Å². The maximum absolute atomic E-state index is 11.2. The lowest BCUT2D eigenvalue weighted by atomic mass is 9.89. The summed E-state index contributed by atoms with van der Waals surface area (Å²) >= 11 is 0. The molecule has 5 heteroatoms. The molecule has 0 amide bonds. The van der Waals surface area contributed by atoms with Crippen LogP contribution in [0, 0.1) is 5.41 Å². The molecule has 0 bridgehead atoms. The van der Waals surface area contributed by atoms with Gasteiger partial charge in [-0.1, -0.05) is 13.8 Å². The lowest BCUT2D eigenvalue weighted by Crippen LogP contribution is -2.44. The molecule has 1 atom stereocenters. The van der Waals surface area contributed by atoms with Crippen LogP contribution in [0.2, 0.25) is 0 Å². The first-order valence-electron chi connectivity index (χ1n) is 6.57. The van der Waals surface area contributed by atoms with E-state index in [2.05, 4.69) is 23.5 Å². The number of esters is 1. The predicted octanol–water partition coefficient (Wildman–Crippen LogP) is 0.625. The number of nitrogens with zero attached hydrogens (tertiary/aromatic N) is 1. The second-order valence-corrected chi connectivity index (χ2v) is 5.69. The fourth-order valence-corrected chi connectivity index (χ4v) is 1.94. The number of carbonyl (C=O) groups excluding carboxylic acids is 1. The Morgan fingerprint density at radius 3 is 2.89 bits per heavy atom. The minimum Gasteiger partial charge on any atom is -0.469 e. The average molecular weight is 258 g/mol. The predicted molar refractivity (Wildman–Crippen MR) is 70.3 cm³/mol. The number of hydrogen-bond donors (Lipinski definition) is 1. The van der Waals surface area contributed by atoms with Crippen LogP contribution in [0.3, 0.4) is 0 Å². The molecule has 0 aromatic rings. The number of ether oxygens (including phenoxy) is 2. The molecule has 1 fully saturated rings. The van der Waals surface area contributed by atoms with Gasteiger partial charge >= 0.3 is 5.97 Å². The molecule has 0 spiro atoms. The zero-order valence-electron chi connectivity index (χ0n) is 11.8. The number of morpholine rings is 1.